The molecule has 2 rings (SSSR count). The minimum absolute atomic E-state index is 0.150. The molecule has 0 aliphatic rings. The van der Waals surface area contributed by atoms with Crippen LogP contribution >= 0.6 is 11.3 Å². The van der Waals surface area contributed by atoms with Crippen molar-refractivity contribution in [2.45, 2.75) is 20.4 Å². The lowest BCUT2D eigenvalue weighted by Gasteiger charge is -2.06. The molecule has 1 aromatic carbocycles. The fourth-order valence-corrected chi connectivity index (χ4v) is 2.62. The van der Waals surface area contributed by atoms with E-state index in [9.17, 15) is 9.59 Å². The van der Waals surface area contributed by atoms with Crippen molar-refractivity contribution in [3.63, 3.8) is 0 Å². The monoisotopic (exact) mass is 288 g/mol. The van der Waals surface area contributed by atoms with Crippen LogP contribution in [-0.4, -0.2) is 11.8 Å². The highest BCUT2D eigenvalue weighted by Gasteiger charge is 2.07. The second-order valence-electron chi connectivity index (χ2n) is 4.46. The van der Waals surface area contributed by atoms with Crippen LogP contribution in [0.15, 0.2) is 36.4 Å². The third-order valence-corrected chi connectivity index (χ3v) is 3.66. The molecule has 4 nitrogen and oxygen atoms in total. The molecule has 5 heteroatoms. The first kappa shape index (κ1) is 14.3. The van der Waals surface area contributed by atoms with Gasteiger partial charge < -0.3 is 10.6 Å². The molecule has 0 saturated carbocycles. The lowest BCUT2D eigenvalue weighted by atomic mass is 10.2. The molecule has 0 aliphatic heterocycles. The van der Waals surface area contributed by atoms with E-state index < -0.39 is 0 Å². The topological polar surface area (TPSA) is 58.2 Å². The van der Waals surface area contributed by atoms with Crippen LogP contribution in [0.3, 0.4) is 0 Å². The van der Waals surface area contributed by atoms with E-state index in [1.807, 2.05) is 19.1 Å². The summed E-state index contributed by atoms with van der Waals surface area (Å²) < 4.78 is 0. The number of hydrogen-bond donors (Lipinski definition) is 2. The normalized spacial score (nSPS) is 10.1. The zero-order chi connectivity index (χ0) is 14.5. The molecular formula is C15H16N2O2S. The van der Waals surface area contributed by atoms with Crippen molar-refractivity contribution in [2.75, 3.05) is 5.32 Å². The number of anilines is 1. The zero-order valence-electron chi connectivity index (χ0n) is 11.4. The predicted octanol–water partition coefficient (Wildman–Crippen LogP) is 2.94. The summed E-state index contributed by atoms with van der Waals surface area (Å²) in [7, 11) is 0. The van der Waals surface area contributed by atoms with E-state index in [-0.39, 0.29) is 11.8 Å². The summed E-state index contributed by atoms with van der Waals surface area (Å²) >= 11 is 1.66. The largest absolute Gasteiger partial charge is 0.347 e. The molecule has 1 heterocycles. The van der Waals surface area contributed by atoms with Gasteiger partial charge in [-0.25, -0.2) is 0 Å². The Morgan fingerprint density at radius 2 is 2.00 bits per heavy atom. The molecule has 20 heavy (non-hydrogen) atoms. The van der Waals surface area contributed by atoms with Gasteiger partial charge in [0.2, 0.25) is 5.91 Å². The number of benzene rings is 1. The number of rotatable bonds is 4. The Morgan fingerprint density at radius 1 is 1.20 bits per heavy atom. The quantitative estimate of drug-likeness (QED) is 0.908. The number of hydrogen-bond acceptors (Lipinski definition) is 3. The van der Waals surface area contributed by atoms with Crippen molar-refractivity contribution >= 4 is 28.8 Å². The SMILES string of the molecule is CC(=O)Nc1cccc(C(=O)NCc2ccc(C)s2)c1. The average Bonchev–Trinajstić information content (AvgIpc) is 2.81. The summed E-state index contributed by atoms with van der Waals surface area (Å²) in [5.41, 5.74) is 1.15. The molecule has 104 valence electrons. The smallest absolute Gasteiger partial charge is 0.251 e. The Balaban J connectivity index is 1.99. The number of thiophene rings is 1. The molecule has 2 N–H and O–H groups in total. The maximum Gasteiger partial charge on any atom is 0.251 e. The van der Waals surface area contributed by atoms with Gasteiger partial charge in [-0.1, -0.05) is 6.07 Å². The van der Waals surface area contributed by atoms with Crippen molar-refractivity contribution < 1.29 is 9.59 Å². The third kappa shape index (κ3) is 3.93. The molecule has 0 saturated heterocycles. The lowest BCUT2D eigenvalue weighted by molar-refractivity contribution is -0.114. The van der Waals surface area contributed by atoms with Crippen LogP contribution in [0.2, 0.25) is 0 Å². The maximum absolute atomic E-state index is 12.0. The molecule has 0 bridgehead atoms. The predicted molar refractivity (Wildman–Crippen MR) is 81.0 cm³/mol. The highest BCUT2D eigenvalue weighted by molar-refractivity contribution is 7.11. The van der Waals surface area contributed by atoms with Gasteiger partial charge in [0.1, 0.15) is 0 Å². The number of nitrogens with one attached hydrogen (secondary N) is 2. The van der Waals surface area contributed by atoms with E-state index in [0.29, 0.717) is 17.8 Å². The minimum atomic E-state index is -0.156. The van der Waals surface area contributed by atoms with Crippen LogP contribution in [0.4, 0.5) is 5.69 Å². The van der Waals surface area contributed by atoms with Gasteiger partial charge in [0.15, 0.2) is 0 Å². The molecular weight excluding hydrogens is 272 g/mol. The summed E-state index contributed by atoms with van der Waals surface area (Å²) in [6, 6.07) is 10.9. The van der Waals surface area contributed by atoms with E-state index in [1.165, 1.54) is 11.8 Å². The Bertz CT molecular complexity index is 634. The van der Waals surface area contributed by atoms with Gasteiger partial charge in [0.05, 0.1) is 6.54 Å². The van der Waals surface area contributed by atoms with Gasteiger partial charge in [-0.3, -0.25) is 9.59 Å². The zero-order valence-corrected chi connectivity index (χ0v) is 12.2. The second kappa shape index (κ2) is 6.34. The minimum Gasteiger partial charge on any atom is -0.347 e. The van der Waals surface area contributed by atoms with E-state index >= 15 is 0 Å². The van der Waals surface area contributed by atoms with Gasteiger partial charge in [0, 0.05) is 27.9 Å². The highest BCUT2D eigenvalue weighted by Crippen LogP contribution is 2.15. The molecule has 0 spiro atoms. The number of carbonyl (C=O) groups excluding carboxylic acids is 2. The van der Waals surface area contributed by atoms with Crippen LogP contribution in [0.1, 0.15) is 27.0 Å². The highest BCUT2D eigenvalue weighted by atomic mass is 32.1. The third-order valence-electron chi connectivity index (χ3n) is 2.66. The van der Waals surface area contributed by atoms with Crippen LogP contribution in [0, 0.1) is 6.92 Å². The van der Waals surface area contributed by atoms with Gasteiger partial charge in [-0.2, -0.15) is 0 Å². The van der Waals surface area contributed by atoms with Gasteiger partial charge in [0.25, 0.3) is 5.91 Å². The van der Waals surface area contributed by atoms with Crippen LogP contribution < -0.4 is 10.6 Å². The van der Waals surface area contributed by atoms with E-state index in [1.54, 1.807) is 35.6 Å². The Labute approximate surface area is 121 Å². The molecule has 0 fully saturated rings. The fraction of sp³-hybridized carbons (Fsp3) is 0.200. The summed E-state index contributed by atoms with van der Waals surface area (Å²) in [4.78, 5) is 25.4. The summed E-state index contributed by atoms with van der Waals surface area (Å²) in [5, 5.41) is 5.53. The number of aryl methyl sites for hydroxylation is 1. The number of amides is 2. The molecule has 0 atom stereocenters. The van der Waals surface area contributed by atoms with E-state index in [4.69, 9.17) is 0 Å². The summed E-state index contributed by atoms with van der Waals surface area (Å²) in [6.07, 6.45) is 0. The fourth-order valence-electron chi connectivity index (χ4n) is 1.79. The van der Waals surface area contributed by atoms with Crippen molar-refractivity contribution in [2.24, 2.45) is 0 Å². The molecule has 0 aliphatic carbocycles. The first-order valence-electron chi connectivity index (χ1n) is 6.26. The molecule has 0 unspecified atom stereocenters. The molecule has 1 aromatic heterocycles. The van der Waals surface area contributed by atoms with Crippen molar-refractivity contribution in [3.05, 3.63) is 51.7 Å². The first-order valence-corrected chi connectivity index (χ1v) is 7.07. The molecule has 0 radical (unpaired) electrons. The van der Waals surface area contributed by atoms with Crippen molar-refractivity contribution in [3.8, 4) is 0 Å². The Hall–Kier alpha value is -2.14. The summed E-state index contributed by atoms with van der Waals surface area (Å²) in [6.45, 7) is 3.99. The van der Waals surface area contributed by atoms with Crippen LogP contribution in [0.25, 0.3) is 0 Å². The standard InChI is InChI=1S/C15H16N2O2S/c1-10-6-7-14(20-10)9-16-15(19)12-4-3-5-13(8-12)17-11(2)18/h3-8H,9H2,1-2H3,(H,16,19)(H,17,18). The van der Waals surface area contributed by atoms with Crippen LogP contribution in [-0.2, 0) is 11.3 Å². The van der Waals surface area contributed by atoms with E-state index in [0.717, 1.165) is 4.88 Å². The van der Waals surface area contributed by atoms with Gasteiger partial charge in [-0.15, -0.1) is 11.3 Å². The Morgan fingerprint density at radius 3 is 2.65 bits per heavy atom. The van der Waals surface area contributed by atoms with E-state index in [2.05, 4.69) is 10.6 Å². The first-order chi connectivity index (χ1) is 9.54. The molecule has 2 amide bonds. The maximum atomic E-state index is 12.0. The average molecular weight is 288 g/mol. The molecule has 2 aromatic rings. The van der Waals surface area contributed by atoms with Crippen molar-refractivity contribution in [1.29, 1.82) is 0 Å². The van der Waals surface area contributed by atoms with Gasteiger partial charge in [-0.05, 0) is 37.3 Å². The second-order valence-corrected chi connectivity index (χ2v) is 5.83. The van der Waals surface area contributed by atoms with Crippen molar-refractivity contribution in [1.82, 2.24) is 5.32 Å². The van der Waals surface area contributed by atoms with Gasteiger partial charge >= 0.3 is 0 Å². The Kier molecular flexibility index (Phi) is 4.53. The number of carbonyl (C=O) groups is 2. The summed E-state index contributed by atoms with van der Waals surface area (Å²) in [5.74, 6) is -0.306. The van der Waals surface area contributed by atoms with Crippen LogP contribution in [0.5, 0.6) is 0 Å². The lowest BCUT2D eigenvalue weighted by Crippen LogP contribution is -2.22.